The van der Waals surface area contributed by atoms with Crippen molar-refractivity contribution < 1.29 is 24.0 Å². The zero-order chi connectivity index (χ0) is 15.9. The van der Waals surface area contributed by atoms with Crippen LogP contribution in [0.4, 0.5) is 0 Å². The third kappa shape index (κ3) is 4.27. The van der Waals surface area contributed by atoms with Crippen LogP contribution in [-0.2, 0) is 19.1 Å². The van der Waals surface area contributed by atoms with Crippen LogP contribution in [0, 0.1) is 21.4 Å². The predicted octanol–water partition coefficient (Wildman–Crippen LogP) is 1.73. The quantitative estimate of drug-likeness (QED) is 0.223. The third-order valence-electron chi connectivity index (χ3n) is 3.82. The summed E-state index contributed by atoms with van der Waals surface area (Å²) < 4.78 is 9.55. The Morgan fingerprint density at radius 2 is 1.95 bits per heavy atom. The molecule has 0 amide bonds. The number of hydrogen-bond acceptors (Lipinski definition) is 6. The van der Waals surface area contributed by atoms with Crippen LogP contribution < -0.4 is 0 Å². The van der Waals surface area contributed by atoms with Gasteiger partial charge in [0, 0.05) is 11.3 Å². The fraction of sp³-hybridized carbons (Fsp3) is 0.714. The number of nitrogens with zero attached hydrogens (tertiary/aromatic N) is 1. The Labute approximate surface area is 123 Å². The van der Waals surface area contributed by atoms with E-state index in [1.54, 1.807) is 0 Å². The first-order chi connectivity index (χ1) is 9.96. The van der Waals surface area contributed by atoms with Gasteiger partial charge in [-0.1, -0.05) is 12.2 Å². The Bertz CT molecular complexity index is 415. The zero-order valence-corrected chi connectivity index (χ0v) is 12.4. The molecular formula is C14H21NO6. The van der Waals surface area contributed by atoms with Gasteiger partial charge in [0.2, 0.25) is 6.54 Å². The smallest absolute Gasteiger partial charge is 0.323 e. The van der Waals surface area contributed by atoms with Gasteiger partial charge >= 0.3 is 11.9 Å². The van der Waals surface area contributed by atoms with E-state index in [1.165, 1.54) is 14.2 Å². The van der Waals surface area contributed by atoms with Crippen LogP contribution in [0.15, 0.2) is 12.2 Å². The van der Waals surface area contributed by atoms with Crippen molar-refractivity contribution in [3.05, 3.63) is 22.3 Å². The molecule has 0 fully saturated rings. The molecule has 0 saturated heterocycles. The van der Waals surface area contributed by atoms with E-state index in [2.05, 4.69) is 0 Å². The van der Waals surface area contributed by atoms with Crippen molar-refractivity contribution in [1.82, 2.24) is 0 Å². The molecule has 1 rings (SSSR count). The van der Waals surface area contributed by atoms with Crippen LogP contribution >= 0.6 is 0 Å². The lowest BCUT2D eigenvalue weighted by molar-refractivity contribution is -0.480. The molecule has 0 aliphatic heterocycles. The van der Waals surface area contributed by atoms with Gasteiger partial charge in [0.15, 0.2) is 5.41 Å². The molecular weight excluding hydrogens is 278 g/mol. The molecule has 0 spiro atoms. The first kappa shape index (κ1) is 17.1. The number of nitro groups is 1. The molecule has 1 atom stereocenters. The Balaban J connectivity index is 2.95. The molecule has 1 aliphatic carbocycles. The highest BCUT2D eigenvalue weighted by molar-refractivity contribution is 6.00. The minimum absolute atomic E-state index is 0.0532. The van der Waals surface area contributed by atoms with E-state index >= 15 is 0 Å². The minimum atomic E-state index is -1.46. The SMILES string of the molecule is COC(=O)C(CCC[N+](=O)[O-])(CC1C=CCC1)C(=O)OC. The normalized spacial score (nSPS) is 17.5. The van der Waals surface area contributed by atoms with Crippen molar-refractivity contribution >= 4 is 11.9 Å². The number of hydrogen-bond donors (Lipinski definition) is 0. The van der Waals surface area contributed by atoms with E-state index in [1.807, 2.05) is 12.2 Å². The lowest BCUT2D eigenvalue weighted by Gasteiger charge is -2.29. The van der Waals surface area contributed by atoms with E-state index in [0.717, 1.165) is 12.8 Å². The Hall–Kier alpha value is -1.92. The molecule has 0 N–H and O–H groups in total. The largest absolute Gasteiger partial charge is 0.468 e. The van der Waals surface area contributed by atoms with Gasteiger partial charge in [-0.3, -0.25) is 19.7 Å². The van der Waals surface area contributed by atoms with E-state index in [9.17, 15) is 19.7 Å². The van der Waals surface area contributed by atoms with Crippen LogP contribution in [-0.4, -0.2) is 37.6 Å². The van der Waals surface area contributed by atoms with Crippen molar-refractivity contribution in [2.75, 3.05) is 20.8 Å². The average molecular weight is 299 g/mol. The molecule has 7 heteroatoms. The van der Waals surface area contributed by atoms with Gasteiger partial charge in [-0.25, -0.2) is 0 Å². The first-order valence-corrected chi connectivity index (χ1v) is 6.91. The maximum atomic E-state index is 12.2. The van der Waals surface area contributed by atoms with E-state index in [-0.39, 0.29) is 31.7 Å². The van der Waals surface area contributed by atoms with E-state index in [0.29, 0.717) is 0 Å². The first-order valence-electron chi connectivity index (χ1n) is 6.91. The van der Waals surface area contributed by atoms with Gasteiger partial charge in [0.25, 0.3) is 0 Å². The second kappa shape index (κ2) is 7.75. The molecule has 0 aromatic heterocycles. The number of ether oxygens (including phenoxy) is 2. The van der Waals surface area contributed by atoms with Crippen molar-refractivity contribution in [3.63, 3.8) is 0 Å². The summed E-state index contributed by atoms with van der Waals surface area (Å²) >= 11 is 0. The average Bonchev–Trinajstić information content (AvgIpc) is 2.96. The number of methoxy groups -OCH3 is 2. The van der Waals surface area contributed by atoms with Gasteiger partial charge in [0.05, 0.1) is 14.2 Å². The van der Waals surface area contributed by atoms with Crippen LogP contribution in [0.1, 0.15) is 32.1 Å². The fourth-order valence-electron chi connectivity index (χ4n) is 2.77. The van der Waals surface area contributed by atoms with Crippen molar-refractivity contribution in [1.29, 1.82) is 0 Å². The summed E-state index contributed by atoms with van der Waals surface area (Å²) in [7, 11) is 2.41. The zero-order valence-electron chi connectivity index (χ0n) is 12.4. The van der Waals surface area contributed by atoms with Crippen LogP contribution in [0.25, 0.3) is 0 Å². The number of carbonyl (C=O) groups is 2. The van der Waals surface area contributed by atoms with Gasteiger partial charge in [-0.2, -0.15) is 0 Å². The maximum Gasteiger partial charge on any atom is 0.323 e. The molecule has 0 aromatic carbocycles. The second-order valence-electron chi connectivity index (χ2n) is 5.19. The highest BCUT2D eigenvalue weighted by Gasteiger charge is 2.49. The highest BCUT2D eigenvalue weighted by Crippen LogP contribution is 2.38. The summed E-state index contributed by atoms with van der Waals surface area (Å²) in [5, 5.41) is 10.5. The number of rotatable bonds is 8. The molecule has 0 aromatic rings. The summed E-state index contributed by atoms with van der Waals surface area (Å²) in [6, 6.07) is 0. The summed E-state index contributed by atoms with van der Waals surface area (Å²) in [6.07, 6.45) is 6.16. The molecule has 0 bridgehead atoms. The number of allylic oxidation sites excluding steroid dienone is 2. The second-order valence-corrected chi connectivity index (χ2v) is 5.19. The van der Waals surface area contributed by atoms with E-state index < -0.39 is 22.3 Å². The molecule has 1 aliphatic rings. The Kier molecular flexibility index (Phi) is 6.33. The number of carbonyl (C=O) groups excluding carboxylic acids is 2. The topological polar surface area (TPSA) is 95.7 Å². The molecule has 7 nitrogen and oxygen atoms in total. The molecule has 0 saturated carbocycles. The molecule has 0 radical (unpaired) electrons. The molecule has 21 heavy (non-hydrogen) atoms. The molecule has 0 heterocycles. The molecule has 1 unspecified atom stereocenters. The highest BCUT2D eigenvalue weighted by atomic mass is 16.6. The van der Waals surface area contributed by atoms with Gasteiger partial charge in [-0.15, -0.1) is 0 Å². The van der Waals surface area contributed by atoms with Crippen LogP contribution in [0.3, 0.4) is 0 Å². The summed E-state index contributed by atoms with van der Waals surface area (Å²) in [5.74, 6) is -1.28. The summed E-state index contributed by atoms with van der Waals surface area (Å²) in [6.45, 7) is -0.295. The maximum absolute atomic E-state index is 12.2. The van der Waals surface area contributed by atoms with Gasteiger partial charge < -0.3 is 9.47 Å². The molecule has 118 valence electrons. The summed E-state index contributed by atoms with van der Waals surface area (Å²) in [4.78, 5) is 34.4. The van der Waals surface area contributed by atoms with Crippen molar-refractivity contribution in [2.45, 2.75) is 32.1 Å². The lowest BCUT2D eigenvalue weighted by atomic mass is 9.75. The fourth-order valence-corrected chi connectivity index (χ4v) is 2.77. The Morgan fingerprint density at radius 1 is 1.33 bits per heavy atom. The van der Waals surface area contributed by atoms with Crippen LogP contribution in [0.2, 0.25) is 0 Å². The van der Waals surface area contributed by atoms with Crippen molar-refractivity contribution in [3.8, 4) is 0 Å². The monoisotopic (exact) mass is 299 g/mol. The van der Waals surface area contributed by atoms with Gasteiger partial charge in [-0.05, 0) is 31.6 Å². The predicted molar refractivity (Wildman–Crippen MR) is 74.0 cm³/mol. The standard InChI is InChI=1S/C14H21NO6/c1-20-12(16)14(13(17)21-2,8-5-9-15(18)19)10-11-6-3-4-7-11/h3,6,11H,4-5,7-10H2,1-2H3. The van der Waals surface area contributed by atoms with Crippen molar-refractivity contribution in [2.24, 2.45) is 11.3 Å². The summed E-state index contributed by atoms with van der Waals surface area (Å²) in [5.41, 5.74) is -1.46. The Morgan fingerprint density at radius 3 is 2.38 bits per heavy atom. The van der Waals surface area contributed by atoms with Gasteiger partial charge in [0.1, 0.15) is 0 Å². The lowest BCUT2D eigenvalue weighted by Crippen LogP contribution is -2.43. The van der Waals surface area contributed by atoms with E-state index in [4.69, 9.17) is 9.47 Å². The van der Waals surface area contributed by atoms with Crippen LogP contribution in [0.5, 0.6) is 0 Å². The number of esters is 2. The third-order valence-corrected chi connectivity index (χ3v) is 3.82. The minimum Gasteiger partial charge on any atom is -0.468 e.